The van der Waals surface area contributed by atoms with Gasteiger partial charge in [0.15, 0.2) is 0 Å². The fourth-order valence-corrected chi connectivity index (χ4v) is 7.21. The molecule has 3 aromatic rings. The maximum Gasteiger partial charge on any atom is 0.416 e. The molecule has 226 valence electrons. The van der Waals surface area contributed by atoms with Gasteiger partial charge in [0.05, 0.1) is 36.5 Å². The molecule has 1 amide bonds. The van der Waals surface area contributed by atoms with Gasteiger partial charge in [0, 0.05) is 18.8 Å². The molecule has 10 nitrogen and oxygen atoms in total. The number of carbonyl (C=O) groups excluding carboxylic acids is 1. The van der Waals surface area contributed by atoms with Crippen molar-refractivity contribution in [2.75, 3.05) is 49.6 Å². The van der Waals surface area contributed by atoms with Gasteiger partial charge in [-0.1, -0.05) is 23.8 Å². The van der Waals surface area contributed by atoms with Crippen LogP contribution in [0.2, 0.25) is 0 Å². The monoisotopic (exact) mass is 627 g/mol. The Labute approximate surface area is 241 Å². The molecule has 1 aliphatic rings. The average molecular weight is 628 g/mol. The number of rotatable bonds is 9. The summed E-state index contributed by atoms with van der Waals surface area (Å²) in [4.78, 5) is 12.7. The van der Waals surface area contributed by atoms with E-state index in [1.54, 1.807) is 6.92 Å². The van der Waals surface area contributed by atoms with Crippen LogP contribution in [0.1, 0.15) is 11.1 Å². The molecule has 0 saturated carbocycles. The number of benzene rings is 3. The molecule has 42 heavy (non-hydrogen) atoms. The van der Waals surface area contributed by atoms with E-state index in [4.69, 9.17) is 9.47 Å². The highest BCUT2D eigenvalue weighted by Crippen LogP contribution is 2.34. The van der Waals surface area contributed by atoms with Crippen molar-refractivity contribution >= 4 is 37.3 Å². The highest BCUT2D eigenvalue weighted by Gasteiger charge is 2.34. The number of sulfonamides is 2. The average Bonchev–Trinajstić information content (AvgIpc) is 2.96. The van der Waals surface area contributed by atoms with Crippen LogP contribution in [0.4, 0.5) is 24.5 Å². The lowest BCUT2D eigenvalue weighted by Gasteiger charge is -2.27. The lowest BCUT2D eigenvalue weighted by molar-refractivity contribution is -0.137. The van der Waals surface area contributed by atoms with Gasteiger partial charge in [0.1, 0.15) is 17.2 Å². The summed E-state index contributed by atoms with van der Waals surface area (Å²) in [5.74, 6) is -0.907. The first kappa shape index (κ1) is 31.3. The predicted octanol–water partition coefficient (Wildman–Crippen LogP) is 3.88. The molecule has 0 aliphatic carbocycles. The van der Waals surface area contributed by atoms with Crippen LogP contribution in [0.15, 0.2) is 76.5 Å². The van der Waals surface area contributed by atoms with Crippen molar-refractivity contribution in [1.29, 1.82) is 0 Å². The number of anilines is 2. The Morgan fingerprint density at radius 3 is 2.29 bits per heavy atom. The van der Waals surface area contributed by atoms with Crippen molar-refractivity contribution in [2.24, 2.45) is 0 Å². The number of methoxy groups -OCH3 is 1. The smallest absolute Gasteiger partial charge is 0.416 e. The van der Waals surface area contributed by atoms with E-state index in [1.165, 1.54) is 53.9 Å². The third-order valence-electron chi connectivity index (χ3n) is 6.39. The van der Waals surface area contributed by atoms with Crippen LogP contribution < -0.4 is 14.4 Å². The summed E-state index contributed by atoms with van der Waals surface area (Å²) in [6.07, 6.45) is -4.76. The van der Waals surface area contributed by atoms with Gasteiger partial charge < -0.3 is 14.8 Å². The second kappa shape index (κ2) is 12.3. The Morgan fingerprint density at radius 2 is 1.67 bits per heavy atom. The molecule has 1 heterocycles. The van der Waals surface area contributed by atoms with Gasteiger partial charge in [-0.2, -0.15) is 17.5 Å². The quantitative estimate of drug-likeness (QED) is 0.382. The zero-order chi connectivity index (χ0) is 30.7. The van der Waals surface area contributed by atoms with E-state index >= 15 is 0 Å². The molecule has 15 heteroatoms. The fraction of sp³-hybridized carbons (Fsp3) is 0.296. The third-order valence-corrected chi connectivity index (χ3v) is 10.1. The van der Waals surface area contributed by atoms with E-state index in [-0.39, 0.29) is 53.2 Å². The maximum absolute atomic E-state index is 13.6. The maximum atomic E-state index is 13.6. The van der Waals surface area contributed by atoms with Gasteiger partial charge in [-0.15, -0.1) is 0 Å². The molecule has 1 aliphatic heterocycles. The number of alkyl halides is 3. The molecule has 0 spiro atoms. The number of halogens is 3. The van der Waals surface area contributed by atoms with Crippen molar-refractivity contribution in [3.8, 4) is 5.75 Å². The van der Waals surface area contributed by atoms with Crippen LogP contribution in [0.5, 0.6) is 5.75 Å². The van der Waals surface area contributed by atoms with E-state index in [1.807, 2.05) is 0 Å². The number of ether oxygens (including phenoxy) is 2. The highest BCUT2D eigenvalue weighted by molar-refractivity contribution is 7.92. The summed E-state index contributed by atoms with van der Waals surface area (Å²) in [6, 6.07) is 13.1. The van der Waals surface area contributed by atoms with E-state index in [0.717, 1.165) is 23.8 Å². The minimum atomic E-state index is -4.76. The van der Waals surface area contributed by atoms with Crippen molar-refractivity contribution in [3.05, 3.63) is 77.9 Å². The minimum Gasteiger partial charge on any atom is -0.495 e. The zero-order valence-corrected chi connectivity index (χ0v) is 24.2. The summed E-state index contributed by atoms with van der Waals surface area (Å²) in [7, 11) is -7.27. The lowest BCUT2D eigenvalue weighted by atomic mass is 10.2. The molecular weight excluding hydrogens is 599 g/mol. The van der Waals surface area contributed by atoms with Gasteiger partial charge >= 0.3 is 6.18 Å². The van der Waals surface area contributed by atoms with Gasteiger partial charge in [-0.3, -0.25) is 9.10 Å². The van der Waals surface area contributed by atoms with Crippen molar-refractivity contribution in [2.45, 2.75) is 22.9 Å². The number of nitrogens with one attached hydrogen (secondary N) is 1. The molecule has 1 saturated heterocycles. The summed E-state index contributed by atoms with van der Waals surface area (Å²) in [5.41, 5.74) is -0.729. The number of morpholine rings is 1. The Kier molecular flexibility index (Phi) is 9.15. The number of amides is 1. The molecule has 1 fully saturated rings. The Bertz CT molecular complexity index is 1660. The molecular formula is C27H28F3N3O7S2. The van der Waals surface area contributed by atoms with Crippen LogP contribution in [-0.4, -0.2) is 67.0 Å². The normalized spacial score (nSPS) is 14.8. The third kappa shape index (κ3) is 6.86. The molecule has 0 atom stereocenters. The number of hydrogen-bond acceptors (Lipinski definition) is 7. The predicted molar refractivity (Wildman–Crippen MR) is 148 cm³/mol. The number of nitrogens with zero attached hydrogens (tertiary/aromatic N) is 2. The second-order valence-corrected chi connectivity index (χ2v) is 13.1. The van der Waals surface area contributed by atoms with Crippen molar-refractivity contribution in [3.63, 3.8) is 0 Å². The van der Waals surface area contributed by atoms with Crippen LogP contribution in [-0.2, 0) is 35.8 Å². The summed E-state index contributed by atoms with van der Waals surface area (Å²) >= 11 is 0. The summed E-state index contributed by atoms with van der Waals surface area (Å²) < 4.78 is 106. The Morgan fingerprint density at radius 1 is 1.00 bits per heavy atom. The van der Waals surface area contributed by atoms with Gasteiger partial charge in [-0.25, -0.2) is 16.8 Å². The first-order valence-electron chi connectivity index (χ1n) is 12.6. The summed E-state index contributed by atoms with van der Waals surface area (Å²) in [5, 5.41) is 2.46. The van der Waals surface area contributed by atoms with Gasteiger partial charge in [0.25, 0.3) is 10.0 Å². The van der Waals surface area contributed by atoms with Crippen LogP contribution >= 0.6 is 0 Å². The van der Waals surface area contributed by atoms with Crippen molar-refractivity contribution < 1.29 is 44.3 Å². The van der Waals surface area contributed by atoms with E-state index in [0.29, 0.717) is 10.4 Å². The molecule has 4 rings (SSSR count). The molecule has 3 aromatic carbocycles. The molecule has 0 aromatic heterocycles. The van der Waals surface area contributed by atoms with Crippen LogP contribution in [0, 0.1) is 6.92 Å². The van der Waals surface area contributed by atoms with Gasteiger partial charge in [-0.05, 0) is 55.5 Å². The molecule has 0 bridgehead atoms. The standard InChI is InChI=1S/C27H28F3N3O7S2/c1-19-6-9-23(10-7-19)41(35,36)33(22-5-3-4-20(16-22)27(28,29)30)18-26(34)31-21-8-11-24(39-2)25(17-21)42(37,38)32-12-14-40-15-13-32/h3-11,16-17H,12-15,18H2,1-2H3,(H,31,34). The summed E-state index contributed by atoms with van der Waals surface area (Å²) in [6.45, 7) is 1.47. The minimum absolute atomic E-state index is 0.00404. The van der Waals surface area contributed by atoms with Crippen molar-refractivity contribution in [1.82, 2.24) is 4.31 Å². The molecule has 1 N–H and O–H groups in total. The van der Waals surface area contributed by atoms with Crippen LogP contribution in [0.3, 0.4) is 0 Å². The number of carbonyl (C=O) groups is 1. The Balaban J connectivity index is 1.68. The van der Waals surface area contributed by atoms with Gasteiger partial charge in [0.2, 0.25) is 15.9 Å². The number of hydrogen-bond donors (Lipinski definition) is 1. The number of aryl methyl sites for hydroxylation is 1. The van der Waals surface area contributed by atoms with E-state index < -0.39 is 44.2 Å². The zero-order valence-electron chi connectivity index (χ0n) is 22.6. The first-order chi connectivity index (χ1) is 19.7. The van der Waals surface area contributed by atoms with Crippen LogP contribution in [0.25, 0.3) is 0 Å². The molecule has 0 radical (unpaired) electrons. The topological polar surface area (TPSA) is 122 Å². The molecule has 0 unspecified atom stereocenters. The van der Waals surface area contributed by atoms with E-state index in [2.05, 4.69) is 5.32 Å². The van der Waals surface area contributed by atoms with E-state index in [9.17, 15) is 34.8 Å². The first-order valence-corrected chi connectivity index (χ1v) is 15.4. The largest absolute Gasteiger partial charge is 0.495 e. The second-order valence-electron chi connectivity index (χ2n) is 9.30. The fourth-order valence-electron chi connectivity index (χ4n) is 4.20. The Hall–Kier alpha value is -3.66. The SMILES string of the molecule is COc1ccc(NC(=O)CN(c2cccc(C(F)(F)F)c2)S(=O)(=O)c2ccc(C)cc2)cc1S(=O)(=O)N1CCOCC1. The highest BCUT2D eigenvalue weighted by atomic mass is 32.2. The lowest BCUT2D eigenvalue weighted by Crippen LogP contribution is -2.40.